The Morgan fingerprint density at radius 1 is 1.00 bits per heavy atom. The highest BCUT2D eigenvalue weighted by atomic mass is 28.4. The first kappa shape index (κ1) is 18.4. The molecule has 2 aliphatic rings. The second-order valence-corrected chi connectivity index (χ2v) is 9.82. The predicted octanol–water partition coefficient (Wildman–Crippen LogP) is 3.96. The van der Waals surface area contributed by atoms with Crippen LogP contribution in [-0.4, -0.2) is 45.8 Å². The molecular formula is C17H34O4Si. The van der Waals surface area contributed by atoms with E-state index in [1.807, 2.05) is 0 Å². The minimum atomic E-state index is -2.41. The average Bonchev–Trinajstić information content (AvgIpc) is 3.29. The Kier molecular flexibility index (Phi) is 6.89. The van der Waals surface area contributed by atoms with Gasteiger partial charge in [0.1, 0.15) is 11.3 Å². The number of unbranched alkanes of at least 4 members (excludes halogenated alkanes) is 3. The molecule has 2 fully saturated rings. The summed E-state index contributed by atoms with van der Waals surface area (Å²) in [6, 6.07) is 1.00. The Labute approximate surface area is 137 Å². The maximum atomic E-state index is 6.41. The number of hydrogen-bond acceptors (Lipinski definition) is 4. The lowest BCUT2D eigenvalue weighted by atomic mass is 10.0. The zero-order valence-corrected chi connectivity index (χ0v) is 15.9. The van der Waals surface area contributed by atoms with E-state index in [1.165, 1.54) is 25.7 Å². The Balaban J connectivity index is 2.21. The lowest BCUT2D eigenvalue weighted by Crippen LogP contribution is -2.69. The third-order valence-corrected chi connectivity index (χ3v) is 9.43. The fraction of sp³-hybridized carbons (Fsp3) is 1.00. The number of ether oxygens (including phenoxy) is 2. The molecule has 22 heavy (non-hydrogen) atoms. The molecule has 0 aromatic rings. The van der Waals surface area contributed by atoms with Crippen molar-refractivity contribution >= 4 is 8.56 Å². The van der Waals surface area contributed by atoms with Gasteiger partial charge in [0.25, 0.3) is 0 Å². The van der Waals surface area contributed by atoms with E-state index in [4.69, 9.17) is 18.3 Å². The molecule has 3 atom stereocenters. The van der Waals surface area contributed by atoms with Crippen molar-refractivity contribution in [1.29, 1.82) is 0 Å². The third kappa shape index (κ3) is 3.43. The Hall–Kier alpha value is 0.0569. The quantitative estimate of drug-likeness (QED) is 0.327. The van der Waals surface area contributed by atoms with Crippen LogP contribution in [0.4, 0.5) is 0 Å². The van der Waals surface area contributed by atoms with Crippen LogP contribution in [0.1, 0.15) is 66.2 Å². The van der Waals surface area contributed by atoms with Gasteiger partial charge in [0.15, 0.2) is 0 Å². The molecule has 0 bridgehead atoms. The minimum absolute atomic E-state index is 0.201. The molecule has 0 N–H and O–H groups in total. The van der Waals surface area contributed by atoms with E-state index in [9.17, 15) is 0 Å². The fourth-order valence-electron chi connectivity index (χ4n) is 4.10. The standard InChI is InChI=1S/C17H34O4Si/c1-5-9-10-11-13-17(18-6-2)16-15(21-16)12-14-22(17,19-7-3)20-8-4/h15-16H,5-14H2,1-4H3. The van der Waals surface area contributed by atoms with Gasteiger partial charge >= 0.3 is 8.56 Å². The zero-order valence-electron chi connectivity index (χ0n) is 14.9. The summed E-state index contributed by atoms with van der Waals surface area (Å²) in [7, 11) is -2.41. The molecular weight excluding hydrogens is 296 g/mol. The van der Waals surface area contributed by atoms with Crippen LogP contribution in [-0.2, 0) is 18.3 Å². The number of fused-ring (bicyclic) bond motifs is 1. The van der Waals surface area contributed by atoms with Gasteiger partial charge in [-0.25, -0.2) is 0 Å². The fourth-order valence-corrected chi connectivity index (χ4v) is 8.59. The van der Waals surface area contributed by atoms with Gasteiger partial charge in [0, 0.05) is 19.8 Å². The maximum absolute atomic E-state index is 6.41. The van der Waals surface area contributed by atoms with E-state index in [2.05, 4.69) is 27.7 Å². The van der Waals surface area contributed by atoms with Gasteiger partial charge in [-0.15, -0.1) is 0 Å². The second kappa shape index (κ2) is 8.24. The molecule has 0 radical (unpaired) electrons. The van der Waals surface area contributed by atoms with Crippen molar-refractivity contribution in [3.63, 3.8) is 0 Å². The van der Waals surface area contributed by atoms with Crippen LogP contribution in [0.15, 0.2) is 0 Å². The smallest absolute Gasteiger partial charge is 0.374 e. The molecule has 0 amide bonds. The molecule has 0 aromatic carbocycles. The summed E-state index contributed by atoms with van der Waals surface area (Å²) in [4.78, 5) is 0. The lowest BCUT2D eigenvalue weighted by Gasteiger charge is -2.48. The minimum Gasteiger partial charge on any atom is -0.393 e. The van der Waals surface area contributed by atoms with E-state index in [0.29, 0.717) is 25.9 Å². The van der Waals surface area contributed by atoms with Gasteiger partial charge < -0.3 is 18.3 Å². The van der Waals surface area contributed by atoms with Crippen LogP contribution < -0.4 is 0 Å². The van der Waals surface area contributed by atoms with Crippen molar-refractivity contribution in [2.24, 2.45) is 0 Å². The third-order valence-electron chi connectivity index (χ3n) is 5.00. The molecule has 2 rings (SSSR count). The van der Waals surface area contributed by atoms with Gasteiger partial charge in [-0.3, -0.25) is 0 Å². The molecule has 3 unspecified atom stereocenters. The zero-order chi connectivity index (χ0) is 16.1. The van der Waals surface area contributed by atoms with Gasteiger partial charge in [0.2, 0.25) is 0 Å². The summed E-state index contributed by atoms with van der Waals surface area (Å²) in [5, 5.41) is -0.301. The Morgan fingerprint density at radius 2 is 1.73 bits per heavy atom. The van der Waals surface area contributed by atoms with Crippen LogP contribution in [0.2, 0.25) is 6.04 Å². The Bertz CT molecular complexity index is 333. The largest absolute Gasteiger partial charge is 0.393 e. The molecule has 2 aliphatic heterocycles. The van der Waals surface area contributed by atoms with Crippen LogP contribution in [0.5, 0.6) is 0 Å². The van der Waals surface area contributed by atoms with Crippen LogP contribution in [0, 0.1) is 0 Å². The van der Waals surface area contributed by atoms with Crippen molar-refractivity contribution in [1.82, 2.24) is 0 Å². The van der Waals surface area contributed by atoms with Gasteiger partial charge in [-0.1, -0.05) is 32.6 Å². The van der Waals surface area contributed by atoms with Crippen molar-refractivity contribution in [3.8, 4) is 0 Å². The summed E-state index contributed by atoms with van der Waals surface area (Å²) in [6.45, 7) is 10.6. The van der Waals surface area contributed by atoms with E-state index in [0.717, 1.165) is 18.9 Å². The van der Waals surface area contributed by atoms with Gasteiger partial charge in [-0.2, -0.15) is 0 Å². The molecule has 0 aliphatic carbocycles. The molecule has 0 saturated carbocycles. The number of epoxide rings is 1. The summed E-state index contributed by atoms with van der Waals surface area (Å²) in [5.74, 6) is 0. The normalized spacial score (nSPS) is 32.7. The monoisotopic (exact) mass is 330 g/mol. The van der Waals surface area contributed by atoms with Crippen molar-refractivity contribution in [3.05, 3.63) is 0 Å². The van der Waals surface area contributed by atoms with E-state index in [1.54, 1.807) is 0 Å². The first-order chi connectivity index (χ1) is 10.7. The van der Waals surface area contributed by atoms with Gasteiger partial charge in [0.05, 0.1) is 6.10 Å². The van der Waals surface area contributed by atoms with E-state index >= 15 is 0 Å². The molecule has 0 spiro atoms. The summed E-state index contributed by atoms with van der Waals surface area (Å²) >= 11 is 0. The highest BCUT2D eigenvalue weighted by molar-refractivity contribution is 6.71. The van der Waals surface area contributed by atoms with Gasteiger partial charge in [-0.05, 0) is 39.7 Å². The molecule has 5 heteroatoms. The SMILES string of the molecule is CCCCCCC1(OCC)C2OC2CC[Si]1(OCC)OCC. The molecule has 130 valence electrons. The van der Waals surface area contributed by atoms with Crippen molar-refractivity contribution in [2.75, 3.05) is 19.8 Å². The predicted molar refractivity (Wildman–Crippen MR) is 90.2 cm³/mol. The average molecular weight is 331 g/mol. The summed E-state index contributed by atoms with van der Waals surface area (Å²) in [6.07, 6.45) is 7.64. The van der Waals surface area contributed by atoms with Crippen LogP contribution in [0.25, 0.3) is 0 Å². The second-order valence-electron chi connectivity index (χ2n) is 6.39. The van der Waals surface area contributed by atoms with Crippen LogP contribution >= 0.6 is 0 Å². The highest BCUT2D eigenvalue weighted by Gasteiger charge is 2.72. The maximum Gasteiger partial charge on any atom is 0.374 e. The summed E-state index contributed by atoms with van der Waals surface area (Å²) < 4.78 is 25.1. The molecule has 2 saturated heterocycles. The first-order valence-corrected chi connectivity index (χ1v) is 11.3. The molecule has 0 aromatic heterocycles. The molecule has 4 nitrogen and oxygen atoms in total. The van der Waals surface area contributed by atoms with E-state index in [-0.39, 0.29) is 11.3 Å². The topological polar surface area (TPSA) is 40.2 Å². The molecule has 2 heterocycles. The van der Waals surface area contributed by atoms with Crippen LogP contribution in [0.3, 0.4) is 0 Å². The Morgan fingerprint density at radius 3 is 2.32 bits per heavy atom. The van der Waals surface area contributed by atoms with E-state index < -0.39 is 8.56 Å². The highest BCUT2D eigenvalue weighted by Crippen LogP contribution is 2.53. The van der Waals surface area contributed by atoms with Crippen molar-refractivity contribution in [2.45, 2.75) is 89.7 Å². The first-order valence-electron chi connectivity index (χ1n) is 9.27. The number of rotatable bonds is 11. The van der Waals surface area contributed by atoms with Crippen molar-refractivity contribution < 1.29 is 18.3 Å². The lowest BCUT2D eigenvalue weighted by molar-refractivity contribution is -0.0515. The number of hydrogen-bond donors (Lipinski definition) is 0. The summed E-state index contributed by atoms with van der Waals surface area (Å²) in [5.41, 5.74) is 0.